The number of hydrogen-bond donors (Lipinski definition) is 0. The zero-order valence-corrected chi connectivity index (χ0v) is 16.0. The van der Waals surface area contributed by atoms with Crippen molar-refractivity contribution in [1.29, 1.82) is 0 Å². The SMILES string of the molecule is COC(=O)C1CCN(Cc2ccc(C3CN(c4ccccc4)C3)cc2)CC1. The van der Waals surface area contributed by atoms with Gasteiger partial charge in [-0.3, -0.25) is 9.69 Å². The summed E-state index contributed by atoms with van der Waals surface area (Å²) >= 11 is 0. The number of carbonyl (C=O) groups excluding carboxylic acids is 1. The van der Waals surface area contributed by atoms with Crippen LogP contribution in [-0.2, 0) is 16.1 Å². The molecule has 0 atom stereocenters. The normalized spacial score (nSPS) is 18.9. The molecule has 0 radical (unpaired) electrons. The summed E-state index contributed by atoms with van der Waals surface area (Å²) in [5, 5.41) is 0. The Morgan fingerprint density at radius 2 is 1.67 bits per heavy atom. The number of hydrogen-bond acceptors (Lipinski definition) is 4. The second-order valence-electron chi connectivity index (χ2n) is 7.75. The van der Waals surface area contributed by atoms with Crippen molar-refractivity contribution in [1.82, 2.24) is 4.90 Å². The number of benzene rings is 2. The van der Waals surface area contributed by atoms with Crippen LogP contribution in [0.5, 0.6) is 0 Å². The molecule has 0 spiro atoms. The Labute approximate surface area is 161 Å². The van der Waals surface area contributed by atoms with E-state index in [-0.39, 0.29) is 11.9 Å². The summed E-state index contributed by atoms with van der Waals surface area (Å²) in [4.78, 5) is 16.5. The van der Waals surface area contributed by atoms with E-state index in [9.17, 15) is 4.79 Å². The lowest BCUT2D eigenvalue weighted by Gasteiger charge is -2.41. The van der Waals surface area contributed by atoms with E-state index in [4.69, 9.17) is 4.74 Å². The fraction of sp³-hybridized carbons (Fsp3) is 0.435. The average molecular weight is 364 g/mol. The summed E-state index contributed by atoms with van der Waals surface area (Å²) in [6, 6.07) is 19.8. The van der Waals surface area contributed by atoms with Gasteiger partial charge in [0.25, 0.3) is 0 Å². The maximum atomic E-state index is 11.6. The monoisotopic (exact) mass is 364 g/mol. The van der Waals surface area contributed by atoms with Crippen LogP contribution in [0.25, 0.3) is 0 Å². The lowest BCUT2D eigenvalue weighted by atomic mass is 9.90. The van der Waals surface area contributed by atoms with Crippen LogP contribution < -0.4 is 4.90 Å². The summed E-state index contributed by atoms with van der Waals surface area (Å²) < 4.78 is 4.87. The van der Waals surface area contributed by atoms with E-state index in [1.165, 1.54) is 23.9 Å². The molecular formula is C23H28N2O2. The zero-order chi connectivity index (χ0) is 18.6. The van der Waals surface area contributed by atoms with Crippen LogP contribution in [0, 0.1) is 5.92 Å². The number of rotatable bonds is 5. The number of piperidine rings is 1. The van der Waals surface area contributed by atoms with Crippen LogP contribution in [0.2, 0.25) is 0 Å². The summed E-state index contributed by atoms with van der Waals surface area (Å²) in [5.41, 5.74) is 4.12. The van der Waals surface area contributed by atoms with Crippen molar-refractivity contribution in [3.63, 3.8) is 0 Å². The Hall–Kier alpha value is -2.33. The summed E-state index contributed by atoms with van der Waals surface area (Å²) in [6.45, 7) is 5.11. The number of carbonyl (C=O) groups is 1. The molecule has 0 unspecified atom stereocenters. The van der Waals surface area contributed by atoms with Gasteiger partial charge in [-0.25, -0.2) is 0 Å². The van der Waals surface area contributed by atoms with Gasteiger partial charge < -0.3 is 9.64 Å². The highest BCUT2D eigenvalue weighted by Gasteiger charge is 2.28. The van der Waals surface area contributed by atoms with Crippen molar-refractivity contribution in [2.45, 2.75) is 25.3 Å². The Morgan fingerprint density at radius 1 is 1.00 bits per heavy atom. The van der Waals surface area contributed by atoms with Crippen LogP contribution in [0.1, 0.15) is 29.9 Å². The van der Waals surface area contributed by atoms with E-state index in [2.05, 4.69) is 64.4 Å². The lowest BCUT2D eigenvalue weighted by Crippen LogP contribution is -2.45. The van der Waals surface area contributed by atoms with Gasteiger partial charge in [-0.05, 0) is 49.2 Å². The molecule has 2 aromatic rings. The Bertz CT molecular complexity index is 746. The number of likely N-dealkylation sites (tertiary alicyclic amines) is 1. The van der Waals surface area contributed by atoms with Crippen molar-refractivity contribution in [3.05, 3.63) is 65.7 Å². The third-order valence-electron chi connectivity index (χ3n) is 5.98. The highest BCUT2D eigenvalue weighted by Crippen LogP contribution is 2.31. The van der Waals surface area contributed by atoms with Gasteiger partial charge in [0.1, 0.15) is 0 Å². The Morgan fingerprint density at radius 3 is 2.30 bits per heavy atom. The third kappa shape index (κ3) is 4.16. The average Bonchev–Trinajstić information content (AvgIpc) is 2.69. The fourth-order valence-electron chi connectivity index (χ4n) is 4.19. The zero-order valence-electron chi connectivity index (χ0n) is 16.0. The summed E-state index contributed by atoms with van der Waals surface area (Å²) in [5.74, 6) is 0.666. The van der Waals surface area contributed by atoms with Gasteiger partial charge in [-0.2, -0.15) is 0 Å². The van der Waals surface area contributed by atoms with E-state index in [1.54, 1.807) is 0 Å². The van der Waals surface area contributed by atoms with Crippen molar-refractivity contribution in [3.8, 4) is 0 Å². The minimum Gasteiger partial charge on any atom is -0.469 e. The molecule has 4 heteroatoms. The number of methoxy groups -OCH3 is 1. The van der Waals surface area contributed by atoms with Crippen molar-refractivity contribution in [2.75, 3.05) is 38.2 Å². The molecule has 2 fully saturated rings. The Balaban J connectivity index is 1.26. The summed E-state index contributed by atoms with van der Waals surface area (Å²) in [7, 11) is 1.48. The molecule has 27 heavy (non-hydrogen) atoms. The van der Waals surface area contributed by atoms with Crippen molar-refractivity contribution >= 4 is 11.7 Å². The molecule has 2 aliphatic rings. The molecule has 2 heterocycles. The Kier molecular flexibility index (Phi) is 5.44. The molecule has 4 nitrogen and oxygen atoms in total. The molecule has 0 amide bonds. The van der Waals surface area contributed by atoms with Crippen LogP contribution in [0.15, 0.2) is 54.6 Å². The number of anilines is 1. The van der Waals surface area contributed by atoms with Gasteiger partial charge in [0.15, 0.2) is 0 Å². The lowest BCUT2D eigenvalue weighted by molar-refractivity contribution is -0.147. The third-order valence-corrected chi connectivity index (χ3v) is 5.98. The number of para-hydroxylation sites is 1. The number of ether oxygens (including phenoxy) is 1. The van der Waals surface area contributed by atoms with Crippen LogP contribution >= 0.6 is 0 Å². The minimum absolute atomic E-state index is 0.0518. The maximum absolute atomic E-state index is 11.6. The molecular weight excluding hydrogens is 336 g/mol. The molecule has 0 N–H and O–H groups in total. The first kappa shape index (κ1) is 18.1. The molecule has 2 saturated heterocycles. The quantitative estimate of drug-likeness (QED) is 0.758. The molecule has 4 rings (SSSR count). The van der Waals surface area contributed by atoms with Crippen LogP contribution in [0.4, 0.5) is 5.69 Å². The van der Waals surface area contributed by atoms with Crippen LogP contribution in [-0.4, -0.2) is 44.2 Å². The van der Waals surface area contributed by atoms with E-state index in [0.29, 0.717) is 5.92 Å². The predicted molar refractivity (Wildman–Crippen MR) is 108 cm³/mol. The van der Waals surface area contributed by atoms with Crippen molar-refractivity contribution < 1.29 is 9.53 Å². The maximum Gasteiger partial charge on any atom is 0.308 e. The molecule has 2 aliphatic heterocycles. The van der Waals surface area contributed by atoms with E-state index in [0.717, 1.165) is 45.6 Å². The number of esters is 1. The van der Waals surface area contributed by atoms with E-state index < -0.39 is 0 Å². The van der Waals surface area contributed by atoms with E-state index in [1.807, 2.05) is 0 Å². The first-order chi connectivity index (χ1) is 13.2. The topological polar surface area (TPSA) is 32.8 Å². The van der Waals surface area contributed by atoms with Gasteiger partial charge in [0.05, 0.1) is 13.0 Å². The molecule has 0 saturated carbocycles. The van der Waals surface area contributed by atoms with Gasteiger partial charge >= 0.3 is 5.97 Å². The van der Waals surface area contributed by atoms with Gasteiger partial charge in [0.2, 0.25) is 0 Å². The molecule has 0 aromatic heterocycles. The predicted octanol–water partition coefficient (Wildman–Crippen LogP) is 3.68. The van der Waals surface area contributed by atoms with Crippen molar-refractivity contribution in [2.24, 2.45) is 5.92 Å². The molecule has 2 aromatic carbocycles. The highest BCUT2D eigenvalue weighted by molar-refractivity contribution is 5.72. The summed E-state index contributed by atoms with van der Waals surface area (Å²) in [6.07, 6.45) is 1.81. The van der Waals surface area contributed by atoms with E-state index >= 15 is 0 Å². The largest absolute Gasteiger partial charge is 0.469 e. The second kappa shape index (κ2) is 8.13. The standard InChI is InChI=1S/C23H28N2O2/c1-27-23(26)20-11-13-24(14-12-20)15-18-7-9-19(10-8-18)21-16-25(17-21)22-5-3-2-4-6-22/h2-10,20-21H,11-17H2,1H3. The molecule has 142 valence electrons. The van der Waals surface area contributed by atoms with Gasteiger partial charge in [-0.15, -0.1) is 0 Å². The van der Waals surface area contributed by atoms with Gasteiger partial charge in [-0.1, -0.05) is 42.5 Å². The molecule has 0 bridgehead atoms. The van der Waals surface area contributed by atoms with Gasteiger partial charge in [0, 0.05) is 31.2 Å². The smallest absolute Gasteiger partial charge is 0.308 e. The minimum atomic E-state index is -0.0518. The van der Waals surface area contributed by atoms with Crippen LogP contribution in [0.3, 0.4) is 0 Å². The second-order valence-corrected chi connectivity index (χ2v) is 7.75. The first-order valence-electron chi connectivity index (χ1n) is 9.92. The first-order valence-corrected chi connectivity index (χ1v) is 9.92. The highest BCUT2D eigenvalue weighted by atomic mass is 16.5. The number of nitrogens with zero attached hydrogens (tertiary/aromatic N) is 2. The fourth-order valence-corrected chi connectivity index (χ4v) is 4.19. The molecule has 0 aliphatic carbocycles.